The smallest absolute Gasteiger partial charge is 0.244 e. The summed E-state index contributed by atoms with van der Waals surface area (Å²) in [6, 6.07) is 13.8. The van der Waals surface area contributed by atoms with Gasteiger partial charge in [0.05, 0.1) is 23.7 Å². The van der Waals surface area contributed by atoms with Crippen molar-refractivity contribution in [2.75, 3.05) is 37.7 Å². The molecule has 0 atom stereocenters. The maximum atomic E-state index is 13.4. The van der Waals surface area contributed by atoms with Gasteiger partial charge in [-0.05, 0) is 49.1 Å². The number of piperidine rings is 1. The number of benzene rings is 2. The van der Waals surface area contributed by atoms with Gasteiger partial charge in [-0.1, -0.05) is 35.9 Å². The fourth-order valence-electron chi connectivity index (χ4n) is 4.89. The minimum atomic E-state index is -3.70. The first kappa shape index (κ1) is 21.9. The minimum absolute atomic E-state index is 0.0470. The summed E-state index contributed by atoms with van der Waals surface area (Å²) in [5.74, 6) is 0.0470. The number of carbonyl (C=O) groups is 1. The second kappa shape index (κ2) is 7.81. The first-order valence-electron chi connectivity index (χ1n) is 10.7. The molecule has 9 heteroatoms. The Kier molecular flexibility index (Phi) is 5.34. The Morgan fingerprint density at radius 2 is 1.56 bits per heavy atom. The van der Waals surface area contributed by atoms with Crippen LogP contribution in [0.15, 0.2) is 53.4 Å². The van der Waals surface area contributed by atoms with Gasteiger partial charge in [0.15, 0.2) is 0 Å². The molecule has 2 aromatic carbocycles. The summed E-state index contributed by atoms with van der Waals surface area (Å²) in [6.07, 6.45) is 1.67. The molecule has 170 valence electrons. The monoisotopic (exact) mass is 476 g/mol. The van der Waals surface area contributed by atoms with Crippen molar-refractivity contribution in [1.82, 2.24) is 4.31 Å². The lowest BCUT2D eigenvalue weighted by atomic mass is 9.77. The third kappa shape index (κ3) is 3.45. The van der Waals surface area contributed by atoms with Gasteiger partial charge in [-0.2, -0.15) is 4.31 Å². The minimum Gasteiger partial charge on any atom is -0.380 e. The lowest BCUT2D eigenvalue weighted by Gasteiger charge is -2.37. The summed E-state index contributed by atoms with van der Waals surface area (Å²) < 4.78 is 32.6. The van der Waals surface area contributed by atoms with Crippen molar-refractivity contribution in [1.29, 1.82) is 0 Å². The quantitative estimate of drug-likeness (QED) is 0.733. The summed E-state index contributed by atoms with van der Waals surface area (Å²) in [4.78, 5) is 15.3. The van der Waals surface area contributed by atoms with Crippen LogP contribution in [0.25, 0.3) is 0 Å². The highest BCUT2D eigenvalue weighted by atomic mass is 35.5. The van der Waals surface area contributed by atoms with E-state index in [0.29, 0.717) is 38.9 Å². The van der Waals surface area contributed by atoms with Crippen LogP contribution >= 0.6 is 11.6 Å². The van der Waals surface area contributed by atoms with Crippen molar-refractivity contribution >= 4 is 33.2 Å². The number of hydrogen-bond acceptors (Lipinski definition) is 5. The largest absolute Gasteiger partial charge is 0.380 e. The van der Waals surface area contributed by atoms with Gasteiger partial charge in [-0.25, -0.2) is 8.42 Å². The zero-order chi connectivity index (χ0) is 22.6. The number of hydrogen-bond donors (Lipinski definition) is 1. The highest BCUT2D eigenvalue weighted by Gasteiger charge is 2.50. The molecule has 1 spiro atoms. The number of aliphatic hydroxyl groups is 1. The van der Waals surface area contributed by atoms with Gasteiger partial charge < -0.3 is 14.7 Å². The van der Waals surface area contributed by atoms with Crippen LogP contribution in [0.1, 0.15) is 24.8 Å². The molecule has 0 aliphatic carbocycles. The van der Waals surface area contributed by atoms with Crippen molar-refractivity contribution in [3.8, 4) is 0 Å². The van der Waals surface area contributed by atoms with E-state index in [9.17, 15) is 18.3 Å². The van der Waals surface area contributed by atoms with Gasteiger partial charge in [0.25, 0.3) is 0 Å². The van der Waals surface area contributed by atoms with Gasteiger partial charge in [0, 0.05) is 25.3 Å². The van der Waals surface area contributed by atoms with E-state index in [4.69, 9.17) is 16.3 Å². The second-order valence-electron chi connectivity index (χ2n) is 8.89. The van der Waals surface area contributed by atoms with E-state index >= 15 is 0 Å². The maximum Gasteiger partial charge on any atom is 0.244 e. The van der Waals surface area contributed by atoms with Gasteiger partial charge in [0.1, 0.15) is 10.5 Å². The number of amides is 1. The van der Waals surface area contributed by atoms with E-state index in [1.54, 1.807) is 23.1 Å². The molecule has 0 aromatic heterocycles. The number of carbonyl (C=O) groups excluding carboxylic acids is 1. The fourth-order valence-corrected chi connectivity index (χ4v) is 6.83. The molecule has 0 saturated carbocycles. The maximum absolute atomic E-state index is 13.4. The van der Waals surface area contributed by atoms with E-state index in [1.807, 2.05) is 24.3 Å². The second-order valence-corrected chi connectivity index (χ2v) is 11.2. The van der Waals surface area contributed by atoms with Crippen LogP contribution in [0, 0.1) is 5.41 Å². The number of ether oxygens (including phenoxy) is 1. The zero-order valence-electron chi connectivity index (χ0n) is 17.5. The number of sulfonamides is 1. The van der Waals surface area contributed by atoms with Crippen molar-refractivity contribution < 1.29 is 23.1 Å². The van der Waals surface area contributed by atoms with Crippen molar-refractivity contribution in [3.05, 3.63) is 59.1 Å². The highest BCUT2D eigenvalue weighted by Crippen LogP contribution is 2.44. The van der Waals surface area contributed by atoms with Crippen LogP contribution in [-0.4, -0.2) is 56.6 Å². The third-order valence-electron chi connectivity index (χ3n) is 7.04. The summed E-state index contributed by atoms with van der Waals surface area (Å²) in [6.45, 7) is 1.75. The normalized spacial score (nSPS) is 22.8. The lowest BCUT2D eigenvalue weighted by molar-refractivity contribution is -0.184. The molecule has 3 aliphatic rings. The third-order valence-corrected chi connectivity index (χ3v) is 9.44. The number of nitrogens with zero attached hydrogens (tertiary/aromatic N) is 2. The predicted molar refractivity (Wildman–Crippen MR) is 120 cm³/mol. The molecule has 3 heterocycles. The van der Waals surface area contributed by atoms with Gasteiger partial charge >= 0.3 is 0 Å². The Balaban J connectivity index is 1.29. The first-order chi connectivity index (χ1) is 15.3. The molecule has 3 saturated heterocycles. The molecule has 5 rings (SSSR count). The molecule has 3 fully saturated rings. The van der Waals surface area contributed by atoms with Crippen LogP contribution in [0.5, 0.6) is 0 Å². The average Bonchev–Trinajstić information content (AvgIpc) is 3.08. The van der Waals surface area contributed by atoms with Gasteiger partial charge in [0.2, 0.25) is 15.9 Å². The Hall–Kier alpha value is -1.97. The van der Waals surface area contributed by atoms with E-state index < -0.39 is 21.0 Å². The van der Waals surface area contributed by atoms with Gasteiger partial charge in [-0.15, -0.1) is 0 Å². The van der Waals surface area contributed by atoms with E-state index in [-0.39, 0.29) is 29.0 Å². The molecule has 2 aromatic rings. The Morgan fingerprint density at radius 3 is 2.16 bits per heavy atom. The molecule has 7 nitrogen and oxygen atoms in total. The van der Waals surface area contributed by atoms with Gasteiger partial charge in [-0.3, -0.25) is 4.79 Å². The van der Waals surface area contributed by atoms with E-state index in [0.717, 1.165) is 11.3 Å². The standard InChI is InChI=1S/C23H25ClN2O5S/c24-19-3-1-2-4-20(19)32(29,30)25-12-9-22(10-13-25)11-14-26(21(22)27)18-7-5-17(6-8-18)23(28)15-31-16-23/h1-8,28H,9-16H2. The molecule has 0 radical (unpaired) electrons. The van der Waals surface area contributed by atoms with Crippen LogP contribution < -0.4 is 4.90 Å². The first-order valence-corrected chi connectivity index (χ1v) is 12.5. The number of rotatable bonds is 4. The van der Waals surface area contributed by atoms with Crippen LogP contribution in [-0.2, 0) is 25.2 Å². The summed E-state index contributed by atoms with van der Waals surface area (Å²) in [5, 5.41) is 10.6. The van der Waals surface area contributed by atoms with Crippen LogP contribution in [0.4, 0.5) is 5.69 Å². The Labute approximate surface area is 192 Å². The molecule has 0 bridgehead atoms. The van der Waals surface area contributed by atoms with Crippen molar-refractivity contribution in [2.24, 2.45) is 5.41 Å². The van der Waals surface area contributed by atoms with Crippen molar-refractivity contribution in [2.45, 2.75) is 29.8 Å². The summed E-state index contributed by atoms with van der Waals surface area (Å²) in [7, 11) is -3.70. The molecule has 1 N–H and O–H groups in total. The lowest BCUT2D eigenvalue weighted by Crippen LogP contribution is -2.47. The molecular formula is C23H25ClN2O5S. The highest BCUT2D eigenvalue weighted by molar-refractivity contribution is 7.89. The van der Waals surface area contributed by atoms with Crippen LogP contribution in [0.2, 0.25) is 5.02 Å². The Bertz CT molecular complexity index is 1140. The summed E-state index contributed by atoms with van der Waals surface area (Å²) >= 11 is 6.12. The fraction of sp³-hybridized carbons (Fsp3) is 0.435. The van der Waals surface area contributed by atoms with Crippen molar-refractivity contribution in [3.63, 3.8) is 0 Å². The predicted octanol–water partition coefficient (Wildman–Crippen LogP) is 2.77. The number of halogens is 1. The van der Waals surface area contributed by atoms with E-state index in [2.05, 4.69) is 0 Å². The van der Waals surface area contributed by atoms with Crippen LogP contribution in [0.3, 0.4) is 0 Å². The molecule has 32 heavy (non-hydrogen) atoms. The summed E-state index contributed by atoms with van der Waals surface area (Å²) in [5.41, 5.74) is 0.109. The zero-order valence-corrected chi connectivity index (χ0v) is 19.1. The average molecular weight is 477 g/mol. The molecule has 3 aliphatic heterocycles. The number of anilines is 1. The SMILES string of the molecule is O=C1N(c2ccc(C3(O)COC3)cc2)CCC12CCN(S(=O)(=O)c1ccccc1Cl)CC2. The molecule has 1 amide bonds. The van der Waals surface area contributed by atoms with E-state index in [1.165, 1.54) is 10.4 Å². The molecular weight excluding hydrogens is 452 g/mol. The molecule has 0 unspecified atom stereocenters. The Morgan fingerprint density at radius 1 is 0.938 bits per heavy atom. The topological polar surface area (TPSA) is 87.2 Å².